The average molecular weight is 558 g/mol. The quantitative estimate of drug-likeness (QED) is 0.365. The lowest BCUT2D eigenvalue weighted by molar-refractivity contribution is -0.139. The minimum Gasteiger partial charge on any atom is -0.497 e. The zero-order valence-corrected chi connectivity index (χ0v) is 23.1. The lowest BCUT2D eigenvalue weighted by Gasteiger charge is -2.31. The van der Waals surface area contributed by atoms with E-state index in [2.05, 4.69) is 5.32 Å². The summed E-state index contributed by atoms with van der Waals surface area (Å²) in [7, 11) is -1.30. The lowest BCUT2D eigenvalue weighted by Crippen LogP contribution is -2.50. The van der Waals surface area contributed by atoms with E-state index >= 15 is 0 Å². The monoisotopic (exact) mass is 557 g/mol. The summed E-state index contributed by atoms with van der Waals surface area (Å²) in [4.78, 5) is 27.4. The molecule has 0 saturated carbocycles. The third-order valence-corrected chi connectivity index (χ3v) is 7.83. The number of halogens is 1. The summed E-state index contributed by atoms with van der Waals surface area (Å²) in [6.45, 7) is 3.25. The van der Waals surface area contributed by atoms with Crippen molar-refractivity contribution in [1.82, 2.24) is 10.2 Å². The summed E-state index contributed by atoms with van der Waals surface area (Å²) >= 11 is 0. The van der Waals surface area contributed by atoms with Crippen LogP contribution in [0, 0.1) is 5.82 Å². The van der Waals surface area contributed by atoms with Gasteiger partial charge < -0.3 is 19.7 Å². The van der Waals surface area contributed by atoms with Gasteiger partial charge in [0.05, 0.1) is 24.3 Å². The molecule has 0 aliphatic rings. The number of methoxy groups -OCH3 is 1. The number of likely N-dealkylation sites (N-methyl/N-ethyl adjacent to an activating group) is 1. The molecular formula is C28H32FN3O6S. The molecule has 3 rings (SSSR count). The molecule has 0 spiro atoms. The second-order valence-electron chi connectivity index (χ2n) is 8.55. The van der Waals surface area contributed by atoms with Crippen molar-refractivity contribution in [3.8, 4) is 11.5 Å². The van der Waals surface area contributed by atoms with Crippen LogP contribution in [0.25, 0.3) is 0 Å². The number of rotatable bonds is 12. The van der Waals surface area contributed by atoms with E-state index in [0.29, 0.717) is 23.7 Å². The maximum atomic E-state index is 13.7. The van der Waals surface area contributed by atoms with Gasteiger partial charge >= 0.3 is 0 Å². The largest absolute Gasteiger partial charge is 0.497 e. The molecule has 0 aliphatic heterocycles. The normalized spacial score (nSPS) is 11.8. The molecule has 2 amide bonds. The van der Waals surface area contributed by atoms with Crippen LogP contribution in [0.4, 0.5) is 10.1 Å². The van der Waals surface area contributed by atoms with Crippen molar-refractivity contribution in [2.24, 2.45) is 0 Å². The molecule has 0 saturated heterocycles. The highest BCUT2D eigenvalue weighted by Crippen LogP contribution is 2.27. The van der Waals surface area contributed by atoms with E-state index < -0.39 is 40.2 Å². The molecule has 39 heavy (non-hydrogen) atoms. The first-order chi connectivity index (χ1) is 18.6. The molecule has 208 valence electrons. The van der Waals surface area contributed by atoms with Crippen molar-refractivity contribution in [2.45, 2.75) is 31.3 Å². The molecule has 0 heterocycles. The zero-order chi connectivity index (χ0) is 28.6. The summed E-state index contributed by atoms with van der Waals surface area (Å²) < 4.78 is 52.6. The Morgan fingerprint density at radius 1 is 0.949 bits per heavy atom. The highest BCUT2D eigenvalue weighted by molar-refractivity contribution is 7.92. The van der Waals surface area contributed by atoms with Gasteiger partial charge in [0, 0.05) is 13.6 Å². The third kappa shape index (κ3) is 7.26. The van der Waals surface area contributed by atoms with E-state index in [4.69, 9.17) is 9.47 Å². The van der Waals surface area contributed by atoms with Gasteiger partial charge in [0.15, 0.2) is 0 Å². The number of benzene rings is 3. The Hall–Kier alpha value is -4.12. The van der Waals surface area contributed by atoms with Gasteiger partial charge in [-0.1, -0.05) is 12.1 Å². The minimum absolute atomic E-state index is 0.0468. The van der Waals surface area contributed by atoms with Gasteiger partial charge in [0.25, 0.3) is 10.0 Å². The van der Waals surface area contributed by atoms with Gasteiger partial charge in [0.2, 0.25) is 11.8 Å². The van der Waals surface area contributed by atoms with Crippen molar-refractivity contribution in [2.75, 3.05) is 31.6 Å². The smallest absolute Gasteiger partial charge is 0.264 e. The summed E-state index contributed by atoms with van der Waals surface area (Å²) in [6.07, 6.45) is 0. The van der Waals surface area contributed by atoms with Crippen LogP contribution in [0.1, 0.15) is 19.4 Å². The first-order valence-electron chi connectivity index (χ1n) is 12.3. The van der Waals surface area contributed by atoms with E-state index in [-0.39, 0.29) is 17.1 Å². The van der Waals surface area contributed by atoms with Crippen LogP contribution in [-0.4, -0.2) is 58.5 Å². The fourth-order valence-corrected chi connectivity index (χ4v) is 5.27. The number of hydrogen-bond acceptors (Lipinski definition) is 6. The summed E-state index contributed by atoms with van der Waals surface area (Å²) in [5.74, 6) is -0.459. The van der Waals surface area contributed by atoms with Gasteiger partial charge in [-0.25, -0.2) is 12.8 Å². The standard InChI is InChI=1S/C28H32FN3O6S/c1-5-38-25-14-10-23(11-15-25)32(39(35,36)26-16-8-22(29)9-17-26)19-27(33)31(20(2)28(34)30-3)18-21-6-12-24(37-4)13-7-21/h6-17,20H,5,18-19H2,1-4H3,(H,30,34). The summed E-state index contributed by atoms with van der Waals surface area (Å²) in [6, 6.07) is 16.7. The molecule has 0 radical (unpaired) electrons. The number of anilines is 1. The topological polar surface area (TPSA) is 105 Å². The maximum absolute atomic E-state index is 13.7. The summed E-state index contributed by atoms with van der Waals surface area (Å²) in [5.41, 5.74) is 0.919. The van der Waals surface area contributed by atoms with Crippen molar-refractivity contribution >= 4 is 27.5 Å². The molecule has 0 aromatic heterocycles. The van der Waals surface area contributed by atoms with Crippen LogP contribution in [0.5, 0.6) is 11.5 Å². The van der Waals surface area contributed by atoms with Crippen LogP contribution < -0.4 is 19.1 Å². The van der Waals surface area contributed by atoms with Gasteiger partial charge in [-0.15, -0.1) is 0 Å². The van der Waals surface area contributed by atoms with E-state index in [1.165, 1.54) is 31.2 Å². The number of nitrogens with zero attached hydrogens (tertiary/aromatic N) is 2. The highest BCUT2D eigenvalue weighted by atomic mass is 32.2. The molecule has 11 heteroatoms. The number of carbonyl (C=O) groups excluding carboxylic acids is 2. The van der Waals surface area contributed by atoms with Gasteiger partial charge in [-0.05, 0) is 80.1 Å². The van der Waals surface area contributed by atoms with Gasteiger partial charge in [0.1, 0.15) is 29.9 Å². The minimum atomic E-state index is -4.30. The Morgan fingerprint density at radius 3 is 2.08 bits per heavy atom. The number of hydrogen-bond donors (Lipinski definition) is 1. The predicted octanol–water partition coefficient (Wildman–Crippen LogP) is 3.59. The van der Waals surface area contributed by atoms with Crippen LogP contribution in [0.3, 0.4) is 0 Å². The SMILES string of the molecule is CCOc1ccc(N(CC(=O)N(Cc2ccc(OC)cc2)C(C)C(=O)NC)S(=O)(=O)c2ccc(F)cc2)cc1. The fourth-order valence-electron chi connectivity index (χ4n) is 3.86. The first-order valence-corrected chi connectivity index (χ1v) is 13.7. The summed E-state index contributed by atoms with van der Waals surface area (Å²) in [5, 5.41) is 2.53. The molecular weight excluding hydrogens is 525 g/mol. The molecule has 0 bridgehead atoms. The maximum Gasteiger partial charge on any atom is 0.264 e. The second-order valence-corrected chi connectivity index (χ2v) is 10.4. The predicted molar refractivity (Wildman–Crippen MR) is 146 cm³/mol. The molecule has 0 fully saturated rings. The van der Waals surface area contributed by atoms with Crippen LogP contribution in [-0.2, 0) is 26.2 Å². The van der Waals surface area contributed by atoms with E-state index in [9.17, 15) is 22.4 Å². The Balaban J connectivity index is 2.01. The van der Waals surface area contributed by atoms with E-state index in [0.717, 1.165) is 28.6 Å². The van der Waals surface area contributed by atoms with Gasteiger partial charge in [-0.3, -0.25) is 13.9 Å². The highest BCUT2D eigenvalue weighted by Gasteiger charge is 2.32. The first kappa shape index (κ1) is 29.4. The van der Waals surface area contributed by atoms with E-state index in [1.54, 1.807) is 43.3 Å². The Labute approximate surface area is 228 Å². The Morgan fingerprint density at radius 2 is 1.54 bits per heavy atom. The molecule has 0 aliphatic carbocycles. The van der Waals surface area contributed by atoms with E-state index in [1.807, 2.05) is 6.92 Å². The molecule has 3 aromatic carbocycles. The second kappa shape index (κ2) is 13.1. The molecule has 1 unspecified atom stereocenters. The van der Waals surface area contributed by atoms with Crippen LogP contribution in [0.15, 0.2) is 77.7 Å². The third-order valence-electron chi connectivity index (χ3n) is 6.04. The van der Waals surface area contributed by atoms with Gasteiger partial charge in [-0.2, -0.15) is 0 Å². The van der Waals surface area contributed by atoms with Crippen molar-refractivity contribution < 1.29 is 31.9 Å². The average Bonchev–Trinajstić information content (AvgIpc) is 2.94. The Kier molecular flexibility index (Phi) is 9.89. The van der Waals surface area contributed by atoms with Crippen LogP contribution in [0.2, 0.25) is 0 Å². The number of amides is 2. The molecule has 1 atom stereocenters. The Bertz CT molecular complexity index is 1360. The number of nitrogens with one attached hydrogen (secondary N) is 1. The fraction of sp³-hybridized carbons (Fsp3) is 0.286. The number of sulfonamides is 1. The number of ether oxygens (including phenoxy) is 2. The zero-order valence-electron chi connectivity index (χ0n) is 22.3. The molecule has 9 nitrogen and oxygen atoms in total. The van der Waals surface area contributed by atoms with Crippen LogP contribution >= 0.6 is 0 Å². The number of carbonyl (C=O) groups is 2. The van der Waals surface area contributed by atoms with Crippen molar-refractivity contribution in [3.05, 3.63) is 84.2 Å². The van der Waals surface area contributed by atoms with Crippen molar-refractivity contribution in [3.63, 3.8) is 0 Å². The lowest BCUT2D eigenvalue weighted by atomic mass is 10.1. The molecule has 1 N–H and O–H groups in total. The molecule has 3 aromatic rings. The van der Waals surface area contributed by atoms with Crippen molar-refractivity contribution in [1.29, 1.82) is 0 Å².